The zero-order valence-electron chi connectivity index (χ0n) is 17.3. The number of hydrogen-bond acceptors (Lipinski definition) is 7. The Morgan fingerprint density at radius 1 is 1.09 bits per heavy atom. The van der Waals surface area contributed by atoms with E-state index in [4.69, 9.17) is 4.74 Å². The Kier molecular flexibility index (Phi) is 6.41. The molecule has 10 nitrogen and oxygen atoms in total. The van der Waals surface area contributed by atoms with Crippen LogP contribution in [0.1, 0.15) is 17.4 Å². The second kappa shape index (κ2) is 9.57. The van der Waals surface area contributed by atoms with Gasteiger partial charge in [-0.15, -0.1) is 5.10 Å². The Hall–Kier alpha value is -4.12. The number of nitrogens with zero attached hydrogens (tertiary/aromatic N) is 6. The van der Waals surface area contributed by atoms with Crippen molar-refractivity contribution >= 4 is 27.7 Å². The third kappa shape index (κ3) is 4.88. The van der Waals surface area contributed by atoms with Gasteiger partial charge in [0.25, 0.3) is 5.69 Å². The largest absolute Gasteiger partial charge is 0.415 e. The van der Waals surface area contributed by atoms with Gasteiger partial charge in [-0.05, 0) is 52.4 Å². The quantitative estimate of drug-likeness (QED) is 0.277. The normalized spacial score (nSPS) is 11.6. The van der Waals surface area contributed by atoms with E-state index in [1.807, 2.05) is 12.1 Å². The summed E-state index contributed by atoms with van der Waals surface area (Å²) in [6, 6.07) is 21.0. The van der Waals surface area contributed by atoms with Crippen molar-refractivity contribution in [3.05, 3.63) is 105 Å². The number of nitro benzene ring substituents is 1. The molecule has 11 heteroatoms. The van der Waals surface area contributed by atoms with Crippen molar-refractivity contribution in [1.29, 1.82) is 0 Å². The number of benzene rings is 3. The van der Waals surface area contributed by atoms with Crippen molar-refractivity contribution in [2.24, 2.45) is 0 Å². The molecule has 0 aliphatic heterocycles. The van der Waals surface area contributed by atoms with Gasteiger partial charge in [-0.3, -0.25) is 15.0 Å². The fourth-order valence-corrected chi connectivity index (χ4v) is 3.52. The molecule has 0 aliphatic carbocycles. The average Bonchev–Trinajstić information content (AvgIpc) is 3.30. The van der Waals surface area contributed by atoms with Crippen LogP contribution < -0.4 is 4.74 Å². The molecule has 4 rings (SSSR count). The van der Waals surface area contributed by atoms with Gasteiger partial charge in [-0.1, -0.05) is 46.3 Å². The molecule has 0 bridgehead atoms. The van der Waals surface area contributed by atoms with E-state index < -0.39 is 17.1 Å². The number of ether oxygens (including phenoxy) is 1. The highest BCUT2D eigenvalue weighted by atomic mass is 79.9. The van der Waals surface area contributed by atoms with Crippen LogP contribution in [0.2, 0.25) is 0 Å². The van der Waals surface area contributed by atoms with Crippen molar-refractivity contribution < 1.29 is 14.5 Å². The number of tetrazole rings is 1. The highest BCUT2D eigenvalue weighted by molar-refractivity contribution is 9.10. The van der Waals surface area contributed by atoms with E-state index in [2.05, 4.69) is 31.5 Å². The van der Waals surface area contributed by atoms with E-state index in [0.717, 1.165) is 4.47 Å². The minimum absolute atomic E-state index is 0.120. The van der Waals surface area contributed by atoms with Gasteiger partial charge in [0.2, 0.25) is 0 Å². The standard InChI is InChI=1S/C22H17BrN6O4/c1-27(22(30)33-19-8-3-2-4-9-19)20(15-6-5-7-18(14-15)29(31)32)21-24-25-26-28(21)17-12-10-16(23)11-13-17/h2-14,20H,1H3/t20-/m1/s1. The molecular formula is C22H17BrN6O4. The predicted molar refractivity (Wildman–Crippen MR) is 122 cm³/mol. The molecule has 0 saturated heterocycles. The Balaban J connectivity index is 1.78. The molecule has 1 atom stereocenters. The van der Waals surface area contributed by atoms with Gasteiger partial charge in [0.05, 0.1) is 10.6 Å². The van der Waals surface area contributed by atoms with Crippen LogP contribution in [0.5, 0.6) is 5.75 Å². The van der Waals surface area contributed by atoms with E-state index in [0.29, 0.717) is 17.0 Å². The van der Waals surface area contributed by atoms with Crippen molar-refractivity contribution in [3.8, 4) is 11.4 Å². The van der Waals surface area contributed by atoms with Crippen LogP contribution in [0.15, 0.2) is 83.3 Å². The second-order valence-corrected chi connectivity index (χ2v) is 7.89. The van der Waals surface area contributed by atoms with Gasteiger partial charge in [0, 0.05) is 23.7 Å². The number of para-hydroxylation sites is 1. The van der Waals surface area contributed by atoms with Gasteiger partial charge in [0.1, 0.15) is 11.8 Å². The molecular weight excluding hydrogens is 492 g/mol. The third-order valence-corrected chi connectivity index (χ3v) is 5.36. The van der Waals surface area contributed by atoms with Crippen LogP contribution in [0.4, 0.5) is 10.5 Å². The molecule has 1 heterocycles. The molecule has 0 radical (unpaired) electrons. The van der Waals surface area contributed by atoms with E-state index in [-0.39, 0.29) is 11.5 Å². The summed E-state index contributed by atoms with van der Waals surface area (Å²) in [6.45, 7) is 0. The fraction of sp³-hybridized carbons (Fsp3) is 0.0909. The maximum atomic E-state index is 13.0. The number of aromatic nitrogens is 4. The first-order valence-electron chi connectivity index (χ1n) is 9.72. The van der Waals surface area contributed by atoms with Gasteiger partial charge >= 0.3 is 6.09 Å². The SMILES string of the molecule is CN(C(=O)Oc1ccccc1)[C@H](c1cccc([N+](=O)[O-])c1)c1nnnn1-c1ccc(Br)cc1. The summed E-state index contributed by atoms with van der Waals surface area (Å²) in [5.74, 6) is 0.643. The molecule has 0 aliphatic rings. The van der Waals surface area contributed by atoms with Crippen molar-refractivity contribution in [2.75, 3.05) is 7.05 Å². The van der Waals surface area contributed by atoms with Crippen molar-refractivity contribution in [3.63, 3.8) is 0 Å². The van der Waals surface area contributed by atoms with Crippen molar-refractivity contribution in [2.45, 2.75) is 6.04 Å². The Bertz CT molecular complexity index is 1280. The highest BCUT2D eigenvalue weighted by Gasteiger charge is 2.31. The number of hydrogen-bond donors (Lipinski definition) is 0. The monoisotopic (exact) mass is 508 g/mol. The zero-order valence-corrected chi connectivity index (χ0v) is 18.9. The lowest BCUT2D eigenvalue weighted by molar-refractivity contribution is -0.384. The van der Waals surface area contributed by atoms with Crippen LogP contribution in [0.3, 0.4) is 0 Å². The molecule has 4 aromatic rings. The highest BCUT2D eigenvalue weighted by Crippen LogP contribution is 2.30. The summed E-state index contributed by atoms with van der Waals surface area (Å²) >= 11 is 3.39. The Morgan fingerprint density at radius 2 is 1.82 bits per heavy atom. The first kappa shape index (κ1) is 22.1. The minimum Gasteiger partial charge on any atom is -0.410 e. The van der Waals surface area contributed by atoms with E-state index >= 15 is 0 Å². The molecule has 1 amide bonds. The smallest absolute Gasteiger partial charge is 0.410 e. The topological polar surface area (TPSA) is 116 Å². The summed E-state index contributed by atoms with van der Waals surface area (Å²) in [4.78, 5) is 25.2. The van der Waals surface area contributed by atoms with Crippen LogP contribution in [0, 0.1) is 10.1 Å². The molecule has 1 aromatic heterocycles. The second-order valence-electron chi connectivity index (χ2n) is 6.97. The van der Waals surface area contributed by atoms with Gasteiger partial charge in [0.15, 0.2) is 5.82 Å². The fourth-order valence-electron chi connectivity index (χ4n) is 3.25. The number of amides is 1. The van der Waals surface area contributed by atoms with Gasteiger partial charge in [-0.2, -0.15) is 4.68 Å². The first-order chi connectivity index (χ1) is 15.9. The summed E-state index contributed by atoms with van der Waals surface area (Å²) in [6.07, 6.45) is -0.678. The van der Waals surface area contributed by atoms with E-state index in [1.165, 1.54) is 28.8 Å². The number of carbonyl (C=O) groups is 1. The number of halogens is 1. The number of rotatable bonds is 6. The van der Waals surface area contributed by atoms with Crippen LogP contribution in [0.25, 0.3) is 5.69 Å². The van der Waals surface area contributed by atoms with E-state index in [9.17, 15) is 14.9 Å². The minimum atomic E-state index is -0.875. The van der Waals surface area contributed by atoms with Crippen LogP contribution in [-0.2, 0) is 0 Å². The molecule has 0 saturated carbocycles. The van der Waals surface area contributed by atoms with Crippen molar-refractivity contribution in [1.82, 2.24) is 25.1 Å². The molecule has 3 aromatic carbocycles. The Labute approximate surface area is 196 Å². The molecule has 0 N–H and O–H groups in total. The average molecular weight is 509 g/mol. The molecule has 0 spiro atoms. The number of carbonyl (C=O) groups excluding carboxylic acids is 1. The van der Waals surface area contributed by atoms with Gasteiger partial charge < -0.3 is 4.74 Å². The summed E-state index contributed by atoms with van der Waals surface area (Å²) < 4.78 is 7.83. The van der Waals surface area contributed by atoms with Gasteiger partial charge in [-0.25, -0.2) is 4.79 Å². The summed E-state index contributed by atoms with van der Waals surface area (Å²) in [5.41, 5.74) is 0.980. The molecule has 0 fully saturated rings. The van der Waals surface area contributed by atoms with Crippen LogP contribution >= 0.6 is 15.9 Å². The third-order valence-electron chi connectivity index (χ3n) is 4.83. The number of non-ortho nitro benzene ring substituents is 1. The lowest BCUT2D eigenvalue weighted by atomic mass is 10.0. The summed E-state index contributed by atoms with van der Waals surface area (Å²) in [5, 5.41) is 23.4. The summed E-state index contributed by atoms with van der Waals surface area (Å²) in [7, 11) is 1.52. The Morgan fingerprint density at radius 3 is 2.52 bits per heavy atom. The maximum Gasteiger partial charge on any atom is 0.415 e. The predicted octanol–water partition coefficient (Wildman–Crippen LogP) is 4.55. The maximum absolute atomic E-state index is 13.0. The van der Waals surface area contributed by atoms with Crippen LogP contribution in [-0.4, -0.2) is 43.2 Å². The lowest BCUT2D eigenvalue weighted by Gasteiger charge is -2.27. The lowest BCUT2D eigenvalue weighted by Crippen LogP contribution is -2.35. The molecule has 33 heavy (non-hydrogen) atoms. The van der Waals surface area contributed by atoms with E-state index in [1.54, 1.807) is 54.6 Å². The molecule has 0 unspecified atom stereocenters. The first-order valence-corrected chi connectivity index (χ1v) is 10.5. The molecule has 166 valence electrons. The number of nitro groups is 1. The zero-order chi connectivity index (χ0) is 23.4.